The Bertz CT molecular complexity index is 682. The van der Waals surface area contributed by atoms with E-state index in [1.165, 1.54) is 17.7 Å². The van der Waals surface area contributed by atoms with E-state index < -0.39 is 0 Å². The first-order chi connectivity index (χ1) is 10.3. The van der Waals surface area contributed by atoms with Crippen molar-refractivity contribution < 1.29 is 0 Å². The van der Waals surface area contributed by atoms with Gasteiger partial charge in [0.15, 0.2) is 0 Å². The minimum atomic E-state index is 0.147. The van der Waals surface area contributed by atoms with Gasteiger partial charge in [0.2, 0.25) is 0 Å². The molecule has 0 aromatic carbocycles. The van der Waals surface area contributed by atoms with Crippen molar-refractivity contribution in [2.75, 3.05) is 21.1 Å². The van der Waals surface area contributed by atoms with E-state index in [0.717, 1.165) is 12.0 Å². The summed E-state index contributed by atoms with van der Waals surface area (Å²) in [6.45, 7) is 6.63. The summed E-state index contributed by atoms with van der Waals surface area (Å²) in [5, 5.41) is 9.41. The van der Waals surface area contributed by atoms with Crippen molar-refractivity contribution in [1.82, 2.24) is 9.80 Å². The number of nitriles is 1. The molecular weight excluding hydrogens is 270 g/mol. The third-order valence-corrected chi connectivity index (χ3v) is 6.07. The van der Waals surface area contributed by atoms with Crippen LogP contribution in [0.2, 0.25) is 0 Å². The first-order valence-corrected chi connectivity index (χ1v) is 7.97. The lowest BCUT2D eigenvalue weighted by Crippen LogP contribution is -2.53. The molecule has 0 bridgehead atoms. The summed E-state index contributed by atoms with van der Waals surface area (Å²) in [5.74, 6) is 6.56. The SMILES string of the molecule is CC#CC1CC(C#N)=CC2=C1N(C)C(N(C)C)C1(C)CC21C. The Morgan fingerprint density at radius 3 is 2.59 bits per heavy atom. The first kappa shape index (κ1) is 15.2. The molecule has 2 aliphatic carbocycles. The molecule has 0 aromatic rings. The summed E-state index contributed by atoms with van der Waals surface area (Å²) in [6, 6.07) is 2.37. The maximum atomic E-state index is 9.41. The smallest absolute Gasteiger partial charge is 0.0947 e. The fraction of sp³-hybridized carbons (Fsp3) is 0.632. The number of hydrogen-bond donors (Lipinski definition) is 0. The van der Waals surface area contributed by atoms with E-state index in [1.54, 1.807) is 0 Å². The molecule has 0 spiro atoms. The lowest BCUT2D eigenvalue weighted by atomic mass is 9.74. The highest BCUT2D eigenvalue weighted by Gasteiger charge is 2.71. The van der Waals surface area contributed by atoms with Crippen LogP contribution in [-0.2, 0) is 0 Å². The van der Waals surface area contributed by atoms with Gasteiger partial charge in [0.1, 0.15) is 0 Å². The Morgan fingerprint density at radius 1 is 1.36 bits per heavy atom. The normalized spacial score (nSPS) is 39.4. The van der Waals surface area contributed by atoms with Crippen molar-refractivity contribution in [3.8, 4) is 17.9 Å². The molecule has 1 aliphatic heterocycles. The van der Waals surface area contributed by atoms with E-state index in [1.807, 2.05) is 6.92 Å². The van der Waals surface area contributed by atoms with Crippen LogP contribution in [0.25, 0.3) is 0 Å². The van der Waals surface area contributed by atoms with Crippen LogP contribution in [0.1, 0.15) is 33.6 Å². The van der Waals surface area contributed by atoms with Gasteiger partial charge >= 0.3 is 0 Å². The molecule has 0 radical (unpaired) electrons. The number of allylic oxidation sites excluding steroid dienone is 4. The molecule has 116 valence electrons. The second-order valence-corrected chi connectivity index (χ2v) is 7.61. The van der Waals surface area contributed by atoms with Gasteiger partial charge in [-0.15, -0.1) is 5.92 Å². The zero-order chi connectivity index (χ0) is 16.3. The van der Waals surface area contributed by atoms with E-state index in [2.05, 4.69) is 68.8 Å². The highest BCUT2D eigenvalue weighted by molar-refractivity contribution is 5.52. The third-order valence-electron chi connectivity index (χ3n) is 6.07. The number of nitrogens with zero attached hydrogens (tertiary/aromatic N) is 3. The Balaban J connectivity index is 2.21. The predicted molar refractivity (Wildman–Crippen MR) is 88.3 cm³/mol. The second kappa shape index (κ2) is 4.64. The molecule has 22 heavy (non-hydrogen) atoms. The van der Waals surface area contributed by atoms with Gasteiger partial charge in [0.05, 0.1) is 18.2 Å². The molecule has 0 amide bonds. The van der Waals surface area contributed by atoms with Crippen LogP contribution in [0.5, 0.6) is 0 Å². The minimum absolute atomic E-state index is 0.147. The van der Waals surface area contributed by atoms with Crippen molar-refractivity contribution >= 4 is 0 Å². The maximum Gasteiger partial charge on any atom is 0.0947 e. The zero-order valence-electron chi connectivity index (χ0n) is 14.5. The predicted octanol–water partition coefficient (Wildman–Crippen LogP) is 2.98. The second-order valence-electron chi connectivity index (χ2n) is 7.61. The Kier molecular flexibility index (Phi) is 3.21. The number of rotatable bonds is 1. The van der Waals surface area contributed by atoms with Gasteiger partial charge in [-0.3, -0.25) is 4.90 Å². The summed E-state index contributed by atoms with van der Waals surface area (Å²) in [6.07, 6.45) is 4.45. The monoisotopic (exact) mass is 295 g/mol. The van der Waals surface area contributed by atoms with Crippen LogP contribution in [0.15, 0.2) is 22.9 Å². The summed E-state index contributed by atoms with van der Waals surface area (Å²) in [5.41, 5.74) is 3.97. The van der Waals surface area contributed by atoms with Crippen LogP contribution >= 0.6 is 0 Å². The quantitative estimate of drug-likeness (QED) is 0.697. The van der Waals surface area contributed by atoms with Gasteiger partial charge in [0, 0.05) is 35.6 Å². The summed E-state index contributed by atoms with van der Waals surface area (Å²) in [7, 11) is 6.52. The van der Waals surface area contributed by atoms with Gasteiger partial charge in [-0.25, -0.2) is 0 Å². The molecule has 0 N–H and O–H groups in total. The molecule has 0 aromatic heterocycles. The van der Waals surface area contributed by atoms with Crippen LogP contribution in [0, 0.1) is 39.9 Å². The fourth-order valence-electron chi connectivity index (χ4n) is 5.01. The van der Waals surface area contributed by atoms with Crippen LogP contribution in [-0.4, -0.2) is 37.1 Å². The molecule has 1 fully saturated rings. The van der Waals surface area contributed by atoms with Gasteiger partial charge in [0.25, 0.3) is 0 Å². The Morgan fingerprint density at radius 2 is 2.05 bits per heavy atom. The van der Waals surface area contributed by atoms with E-state index in [4.69, 9.17) is 0 Å². The lowest BCUT2D eigenvalue weighted by Gasteiger charge is -2.49. The number of hydrogen-bond acceptors (Lipinski definition) is 3. The van der Waals surface area contributed by atoms with Crippen LogP contribution in [0.4, 0.5) is 0 Å². The van der Waals surface area contributed by atoms with E-state index in [-0.39, 0.29) is 16.7 Å². The highest BCUT2D eigenvalue weighted by atomic mass is 15.4. The summed E-state index contributed by atoms with van der Waals surface area (Å²) in [4.78, 5) is 4.75. The molecule has 3 heteroatoms. The highest BCUT2D eigenvalue weighted by Crippen LogP contribution is 2.74. The van der Waals surface area contributed by atoms with Gasteiger partial charge in [-0.1, -0.05) is 19.8 Å². The maximum absolute atomic E-state index is 9.41. The van der Waals surface area contributed by atoms with Gasteiger partial charge in [-0.2, -0.15) is 5.26 Å². The molecule has 1 heterocycles. The molecule has 3 nitrogen and oxygen atoms in total. The molecule has 3 aliphatic rings. The lowest BCUT2D eigenvalue weighted by molar-refractivity contribution is 0.0345. The molecule has 4 unspecified atom stereocenters. The summed E-state index contributed by atoms with van der Waals surface area (Å²) >= 11 is 0. The molecule has 1 saturated carbocycles. The fourth-order valence-corrected chi connectivity index (χ4v) is 5.01. The van der Waals surface area contributed by atoms with Gasteiger partial charge in [-0.05, 0) is 39.1 Å². The molecule has 0 saturated heterocycles. The minimum Gasteiger partial charge on any atom is -0.360 e. The van der Waals surface area contributed by atoms with E-state index in [9.17, 15) is 5.26 Å². The average Bonchev–Trinajstić information content (AvgIpc) is 3.02. The molecule has 3 rings (SSSR count). The molecular formula is C19H25N3. The van der Waals surface area contributed by atoms with Crippen molar-refractivity contribution in [1.29, 1.82) is 5.26 Å². The van der Waals surface area contributed by atoms with Crippen molar-refractivity contribution in [3.63, 3.8) is 0 Å². The average molecular weight is 295 g/mol. The Labute approximate surface area is 134 Å². The van der Waals surface area contributed by atoms with Crippen molar-refractivity contribution in [3.05, 3.63) is 22.9 Å². The topological polar surface area (TPSA) is 30.3 Å². The zero-order valence-corrected chi connectivity index (χ0v) is 14.5. The third kappa shape index (κ3) is 1.73. The standard InChI is InChI=1S/C19H25N3/c1-7-8-14-9-13(11-20)10-15-16(14)22(6)17(21(4)5)19(3)12-18(15,19)2/h10,14,17H,9,12H2,1-6H3. The summed E-state index contributed by atoms with van der Waals surface area (Å²) < 4.78 is 0. The molecule has 4 atom stereocenters. The van der Waals surface area contributed by atoms with Gasteiger partial charge < -0.3 is 4.90 Å². The Hall–Kier alpha value is -1.71. The van der Waals surface area contributed by atoms with Crippen molar-refractivity contribution in [2.24, 2.45) is 16.7 Å². The van der Waals surface area contributed by atoms with E-state index >= 15 is 0 Å². The largest absolute Gasteiger partial charge is 0.360 e. The van der Waals surface area contributed by atoms with E-state index in [0.29, 0.717) is 6.17 Å². The van der Waals surface area contributed by atoms with Crippen LogP contribution in [0.3, 0.4) is 0 Å². The van der Waals surface area contributed by atoms with Crippen LogP contribution < -0.4 is 0 Å². The first-order valence-electron chi connectivity index (χ1n) is 7.97. The van der Waals surface area contributed by atoms with Crippen molar-refractivity contribution in [2.45, 2.75) is 39.8 Å². The number of fused-ring (bicyclic) bond motifs is 2.